The molecular weight excluding hydrogens is 384 g/mol. The normalized spacial score (nSPS) is 27.7. The van der Waals surface area contributed by atoms with Crippen LogP contribution in [0.15, 0.2) is 18.2 Å². The summed E-state index contributed by atoms with van der Waals surface area (Å²) in [5, 5.41) is 9.14. The summed E-state index contributed by atoms with van der Waals surface area (Å²) < 4.78 is 6.31. The van der Waals surface area contributed by atoms with E-state index in [-0.39, 0.29) is 35.8 Å². The van der Waals surface area contributed by atoms with E-state index in [9.17, 15) is 14.4 Å². The van der Waals surface area contributed by atoms with Gasteiger partial charge in [-0.3, -0.25) is 19.7 Å². The zero-order valence-corrected chi connectivity index (χ0v) is 17.0. The highest BCUT2D eigenvalue weighted by Crippen LogP contribution is 2.32. The minimum Gasteiger partial charge on any atom is -0.368 e. The molecule has 0 saturated carbocycles. The Morgan fingerprint density at radius 2 is 2.07 bits per heavy atom. The van der Waals surface area contributed by atoms with E-state index in [1.165, 1.54) is 6.42 Å². The quantitative estimate of drug-likeness (QED) is 0.608. The summed E-state index contributed by atoms with van der Waals surface area (Å²) in [6.45, 7) is 3.65. The van der Waals surface area contributed by atoms with Gasteiger partial charge in [0.25, 0.3) is 5.91 Å². The summed E-state index contributed by atoms with van der Waals surface area (Å²) in [4.78, 5) is 38.4. The monoisotopic (exact) mass is 412 g/mol. The van der Waals surface area contributed by atoms with E-state index >= 15 is 0 Å². The Morgan fingerprint density at radius 1 is 1.20 bits per heavy atom. The number of nitrogens with one attached hydrogen (secondary N) is 3. The fourth-order valence-corrected chi connectivity index (χ4v) is 5.14. The van der Waals surface area contributed by atoms with E-state index in [0.717, 1.165) is 43.6 Å². The fraction of sp³-hybridized carbons (Fsp3) is 0.591. The Balaban J connectivity index is 1.23. The Kier molecular flexibility index (Phi) is 5.08. The van der Waals surface area contributed by atoms with Crippen LogP contribution in [0.2, 0.25) is 0 Å². The third-order valence-electron chi connectivity index (χ3n) is 6.80. The van der Waals surface area contributed by atoms with E-state index < -0.39 is 6.04 Å². The molecule has 1 aromatic carbocycles. The second kappa shape index (κ2) is 7.76. The molecule has 0 aliphatic carbocycles. The fourth-order valence-electron chi connectivity index (χ4n) is 5.14. The van der Waals surface area contributed by atoms with Crippen LogP contribution in [-0.2, 0) is 27.4 Å². The molecule has 1 spiro atoms. The van der Waals surface area contributed by atoms with Gasteiger partial charge < -0.3 is 20.3 Å². The molecule has 0 bridgehead atoms. The van der Waals surface area contributed by atoms with Crippen molar-refractivity contribution in [2.24, 2.45) is 0 Å². The second-order valence-electron chi connectivity index (χ2n) is 8.90. The molecule has 0 aromatic heterocycles. The third-order valence-corrected chi connectivity index (χ3v) is 6.80. The van der Waals surface area contributed by atoms with Gasteiger partial charge >= 0.3 is 0 Å². The van der Waals surface area contributed by atoms with Gasteiger partial charge in [-0.1, -0.05) is 18.2 Å². The van der Waals surface area contributed by atoms with Crippen LogP contribution in [0.3, 0.4) is 0 Å². The Hall–Kier alpha value is -2.29. The van der Waals surface area contributed by atoms with Crippen molar-refractivity contribution in [2.45, 2.75) is 62.9 Å². The molecule has 3 fully saturated rings. The summed E-state index contributed by atoms with van der Waals surface area (Å²) in [6.07, 6.45) is 4.23. The molecule has 8 nitrogen and oxygen atoms in total. The van der Waals surface area contributed by atoms with Crippen LogP contribution in [0.5, 0.6) is 0 Å². The highest BCUT2D eigenvalue weighted by molar-refractivity contribution is 6.05. The molecular formula is C22H28N4O4. The lowest BCUT2D eigenvalue weighted by molar-refractivity contribution is -0.151. The van der Waals surface area contributed by atoms with Gasteiger partial charge in [0.2, 0.25) is 11.8 Å². The predicted octanol–water partition coefficient (Wildman–Crippen LogP) is 0.448. The summed E-state index contributed by atoms with van der Waals surface area (Å²) >= 11 is 0. The summed E-state index contributed by atoms with van der Waals surface area (Å²) in [6, 6.07) is 5.30. The number of nitrogens with zero attached hydrogens (tertiary/aromatic N) is 1. The number of imide groups is 1. The topological polar surface area (TPSA) is 99.8 Å². The lowest BCUT2D eigenvalue weighted by Crippen LogP contribution is -2.64. The number of benzene rings is 1. The van der Waals surface area contributed by atoms with Crippen molar-refractivity contribution in [3.05, 3.63) is 34.9 Å². The van der Waals surface area contributed by atoms with Crippen LogP contribution in [0.25, 0.3) is 0 Å². The van der Waals surface area contributed by atoms with E-state index in [0.29, 0.717) is 25.1 Å². The van der Waals surface area contributed by atoms with Crippen molar-refractivity contribution < 1.29 is 19.1 Å². The molecule has 160 valence electrons. The van der Waals surface area contributed by atoms with Crippen molar-refractivity contribution in [1.29, 1.82) is 0 Å². The zero-order chi connectivity index (χ0) is 20.7. The van der Waals surface area contributed by atoms with E-state index in [1.807, 2.05) is 18.2 Å². The molecule has 4 heterocycles. The SMILES string of the molecule is O=C1CCC(N2Cc3cccc(CNCC4CCCC5(CNC5)O4)c3C2=O)C(=O)N1. The van der Waals surface area contributed by atoms with Crippen molar-refractivity contribution in [3.63, 3.8) is 0 Å². The van der Waals surface area contributed by atoms with Gasteiger partial charge in [-0.05, 0) is 36.8 Å². The molecule has 8 heteroatoms. The number of rotatable bonds is 5. The van der Waals surface area contributed by atoms with Gasteiger partial charge in [-0.2, -0.15) is 0 Å². The maximum atomic E-state index is 13.1. The number of carbonyl (C=O) groups is 3. The van der Waals surface area contributed by atoms with Crippen molar-refractivity contribution in [1.82, 2.24) is 20.9 Å². The third kappa shape index (κ3) is 3.53. The second-order valence-corrected chi connectivity index (χ2v) is 8.90. The predicted molar refractivity (Wildman–Crippen MR) is 109 cm³/mol. The van der Waals surface area contributed by atoms with Crippen LogP contribution < -0.4 is 16.0 Å². The molecule has 30 heavy (non-hydrogen) atoms. The summed E-state index contributed by atoms with van der Waals surface area (Å²) in [5.74, 6) is -0.763. The molecule has 3 amide bonds. The maximum absolute atomic E-state index is 13.1. The van der Waals surface area contributed by atoms with E-state index in [4.69, 9.17) is 4.74 Å². The molecule has 3 N–H and O–H groups in total. The minimum absolute atomic E-state index is 0.0387. The molecule has 5 rings (SSSR count). The highest BCUT2D eigenvalue weighted by Gasteiger charge is 2.42. The molecule has 1 aromatic rings. The van der Waals surface area contributed by atoms with Gasteiger partial charge in [0.1, 0.15) is 6.04 Å². The average molecular weight is 412 g/mol. The first kappa shape index (κ1) is 19.7. The Bertz CT molecular complexity index is 882. The van der Waals surface area contributed by atoms with E-state index in [2.05, 4.69) is 16.0 Å². The molecule has 2 unspecified atom stereocenters. The number of hydrogen-bond donors (Lipinski definition) is 3. The Labute approximate surface area is 175 Å². The first-order valence-corrected chi connectivity index (χ1v) is 10.9. The molecule has 4 aliphatic rings. The Morgan fingerprint density at radius 3 is 2.83 bits per heavy atom. The van der Waals surface area contributed by atoms with E-state index in [1.54, 1.807) is 4.90 Å². The minimum atomic E-state index is -0.577. The van der Waals surface area contributed by atoms with Gasteiger partial charge in [0, 0.05) is 44.7 Å². The molecule has 4 aliphatic heterocycles. The number of carbonyl (C=O) groups excluding carboxylic acids is 3. The van der Waals surface area contributed by atoms with Gasteiger partial charge in [-0.25, -0.2) is 0 Å². The van der Waals surface area contributed by atoms with Gasteiger partial charge in [0.05, 0.1) is 11.7 Å². The molecule has 3 saturated heterocycles. The number of amides is 3. The lowest BCUT2D eigenvalue weighted by Gasteiger charge is -2.48. The van der Waals surface area contributed by atoms with Crippen molar-refractivity contribution >= 4 is 17.7 Å². The van der Waals surface area contributed by atoms with Crippen LogP contribution in [0, 0.1) is 0 Å². The van der Waals surface area contributed by atoms with Crippen LogP contribution in [0.1, 0.15) is 53.6 Å². The number of fused-ring (bicyclic) bond motifs is 1. The lowest BCUT2D eigenvalue weighted by atomic mass is 9.86. The number of hydrogen-bond acceptors (Lipinski definition) is 6. The number of piperidine rings is 1. The zero-order valence-electron chi connectivity index (χ0n) is 17.0. The van der Waals surface area contributed by atoms with Gasteiger partial charge in [-0.15, -0.1) is 0 Å². The number of ether oxygens (including phenoxy) is 1. The summed E-state index contributed by atoms with van der Waals surface area (Å²) in [5.41, 5.74) is 2.62. The smallest absolute Gasteiger partial charge is 0.255 e. The maximum Gasteiger partial charge on any atom is 0.255 e. The van der Waals surface area contributed by atoms with Crippen LogP contribution in [0.4, 0.5) is 0 Å². The van der Waals surface area contributed by atoms with Crippen LogP contribution in [-0.4, -0.2) is 60.0 Å². The van der Waals surface area contributed by atoms with Crippen molar-refractivity contribution in [2.75, 3.05) is 19.6 Å². The van der Waals surface area contributed by atoms with Crippen LogP contribution >= 0.6 is 0 Å². The van der Waals surface area contributed by atoms with Gasteiger partial charge in [0.15, 0.2) is 0 Å². The first-order valence-electron chi connectivity index (χ1n) is 10.9. The first-order chi connectivity index (χ1) is 14.5. The molecule has 2 atom stereocenters. The van der Waals surface area contributed by atoms with Crippen molar-refractivity contribution in [3.8, 4) is 0 Å². The standard InChI is InChI=1S/C22H28N4O4/c27-18-7-6-17(20(28)25-18)26-11-15-4-1-3-14(19(15)21(26)29)9-23-10-16-5-2-8-22(30-16)12-24-13-22/h1,3-4,16-17,23-24H,2,5-13H2,(H,25,27,28). The molecule has 0 radical (unpaired) electrons. The average Bonchev–Trinajstić information content (AvgIpc) is 3.04. The largest absolute Gasteiger partial charge is 0.368 e. The highest BCUT2D eigenvalue weighted by atomic mass is 16.5. The summed E-state index contributed by atoms with van der Waals surface area (Å²) in [7, 11) is 0.